The number of aryl methyl sites for hydroxylation is 3. The minimum Gasteiger partial charge on any atom is -0.342 e. The van der Waals surface area contributed by atoms with Gasteiger partial charge in [0.15, 0.2) is 0 Å². The summed E-state index contributed by atoms with van der Waals surface area (Å²) in [6, 6.07) is 15.2. The molecule has 1 heterocycles. The average molecular weight is 410 g/mol. The molecule has 1 N–H and O–H groups in total. The molecule has 1 atom stereocenters. The number of rotatable bonds is 3. The van der Waals surface area contributed by atoms with Crippen LogP contribution in [0.25, 0.3) is 5.57 Å². The molecule has 2 aliphatic rings. The lowest BCUT2D eigenvalue weighted by molar-refractivity contribution is -0.134. The standard InChI is InChI=1S/C24H21F3N2O/c1-15-2-5-17(6-3-15)19-13-23(29-22(30)20(19)14-28)10-9-18-12-16(4-7-21(18)23)8-11-24(25,26)27/h2-7,12H,8-11,13H2,1H3,(H,29,30)/t23-/m0/s1. The molecule has 4 rings (SSSR count). The molecular formula is C24H21F3N2O. The van der Waals surface area contributed by atoms with Crippen LogP contribution in [0.1, 0.15) is 47.1 Å². The molecule has 0 radical (unpaired) electrons. The highest BCUT2D eigenvalue weighted by molar-refractivity contribution is 6.07. The molecule has 1 amide bonds. The summed E-state index contributed by atoms with van der Waals surface area (Å²) < 4.78 is 37.7. The maximum absolute atomic E-state index is 12.8. The monoisotopic (exact) mass is 410 g/mol. The van der Waals surface area contributed by atoms with E-state index in [1.54, 1.807) is 6.07 Å². The molecule has 1 aliphatic carbocycles. The van der Waals surface area contributed by atoms with Gasteiger partial charge in [-0.05, 0) is 54.0 Å². The molecule has 3 nitrogen and oxygen atoms in total. The molecule has 6 heteroatoms. The van der Waals surface area contributed by atoms with Gasteiger partial charge in [-0.15, -0.1) is 0 Å². The van der Waals surface area contributed by atoms with Crippen molar-refractivity contribution in [2.24, 2.45) is 0 Å². The molecule has 1 aliphatic heterocycles. The van der Waals surface area contributed by atoms with Gasteiger partial charge >= 0.3 is 6.18 Å². The fraction of sp³-hybridized carbons (Fsp3) is 0.333. The van der Waals surface area contributed by atoms with Gasteiger partial charge in [0.25, 0.3) is 5.91 Å². The lowest BCUT2D eigenvalue weighted by atomic mass is 9.78. The Morgan fingerprint density at radius 2 is 1.90 bits per heavy atom. The van der Waals surface area contributed by atoms with Crippen LogP contribution in [0.5, 0.6) is 0 Å². The minimum absolute atomic E-state index is 0.0523. The summed E-state index contributed by atoms with van der Waals surface area (Å²) in [5, 5.41) is 12.6. The first-order valence-electron chi connectivity index (χ1n) is 9.93. The van der Waals surface area contributed by atoms with Crippen LogP contribution in [0.15, 0.2) is 48.0 Å². The molecule has 0 bridgehead atoms. The third-order valence-electron chi connectivity index (χ3n) is 6.08. The predicted octanol–water partition coefficient (Wildman–Crippen LogP) is 5.13. The first kappa shape index (κ1) is 20.2. The summed E-state index contributed by atoms with van der Waals surface area (Å²) >= 11 is 0. The highest BCUT2D eigenvalue weighted by Gasteiger charge is 2.45. The first-order chi connectivity index (χ1) is 14.2. The van der Waals surface area contributed by atoms with Crippen molar-refractivity contribution in [3.63, 3.8) is 0 Å². The van der Waals surface area contributed by atoms with Crippen LogP contribution in [0.3, 0.4) is 0 Å². The number of nitriles is 1. The van der Waals surface area contributed by atoms with Crippen LogP contribution >= 0.6 is 0 Å². The van der Waals surface area contributed by atoms with E-state index in [1.807, 2.05) is 49.4 Å². The summed E-state index contributed by atoms with van der Waals surface area (Å²) in [6.07, 6.45) is -3.26. The summed E-state index contributed by atoms with van der Waals surface area (Å²) in [5.74, 6) is -0.395. The zero-order valence-electron chi connectivity index (χ0n) is 16.6. The van der Waals surface area contributed by atoms with E-state index in [1.165, 1.54) is 0 Å². The number of carbonyl (C=O) groups is 1. The van der Waals surface area contributed by atoms with Gasteiger partial charge in [0.05, 0.1) is 5.54 Å². The van der Waals surface area contributed by atoms with Crippen LogP contribution < -0.4 is 5.32 Å². The fourth-order valence-electron chi connectivity index (χ4n) is 4.53. The minimum atomic E-state index is -4.18. The second-order valence-electron chi connectivity index (χ2n) is 8.15. The quantitative estimate of drug-likeness (QED) is 0.763. The smallest absolute Gasteiger partial charge is 0.342 e. The van der Waals surface area contributed by atoms with E-state index in [0.717, 1.165) is 27.8 Å². The molecule has 0 saturated carbocycles. The molecule has 1 spiro atoms. The van der Waals surface area contributed by atoms with Crippen molar-refractivity contribution in [3.05, 3.63) is 75.9 Å². The normalized spacial score (nSPS) is 20.8. The number of hydrogen-bond donors (Lipinski definition) is 1. The zero-order chi connectivity index (χ0) is 21.5. The van der Waals surface area contributed by atoms with Crippen LogP contribution in [0.2, 0.25) is 0 Å². The number of benzene rings is 2. The van der Waals surface area contributed by atoms with Gasteiger partial charge in [-0.3, -0.25) is 4.79 Å². The Morgan fingerprint density at radius 1 is 1.17 bits per heavy atom. The molecule has 154 valence electrons. The number of amides is 1. The van der Waals surface area contributed by atoms with Crippen molar-refractivity contribution >= 4 is 11.5 Å². The summed E-state index contributed by atoms with van der Waals surface area (Å²) in [7, 11) is 0. The maximum atomic E-state index is 12.8. The summed E-state index contributed by atoms with van der Waals surface area (Å²) in [6.45, 7) is 1.97. The van der Waals surface area contributed by atoms with Crippen LogP contribution in [0.4, 0.5) is 13.2 Å². The first-order valence-corrected chi connectivity index (χ1v) is 9.93. The lowest BCUT2D eigenvalue weighted by Gasteiger charge is -2.37. The van der Waals surface area contributed by atoms with E-state index in [4.69, 9.17) is 0 Å². The Balaban J connectivity index is 1.69. The highest BCUT2D eigenvalue weighted by atomic mass is 19.4. The number of nitrogens with one attached hydrogen (secondary N) is 1. The Kier molecular flexibility index (Phi) is 4.93. The van der Waals surface area contributed by atoms with E-state index < -0.39 is 24.0 Å². The van der Waals surface area contributed by atoms with Crippen molar-refractivity contribution < 1.29 is 18.0 Å². The van der Waals surface area contributed by atoms with Crippen molar-refractivity contribution in [3.8, 4) is 6.07 Å². The Bertz CT molecular complexity index is 1080. The third kappa shape index (κ3) is 3.72. The third-order valence-corrected chi connectivity index (χ3v) is 6.08. The van der Waals surface area contributed by atoms with Crippen molar-refractivity contribution in [1.82, 2.24) is 5.32 Å². The van der Waals surface area contributed by atoms with Crippen molar-refractivity contribution in [1.29, 1.82) is 5.26 Å². The molecule has 0 saturated heterocycles. The highest BCUT2D eigenvalue weighted by Crippen LogP contribution is 2.46. The molecule has 30 heavy (non-hydrogen) atoms. The number of fused-ring (bicyclic) bond motifs is 2. The SMILES string of the molecule is Cc1ccc(C2=C(C#N)C(=O)N[C@@]3(CCc4cc(CCC(F)(F)F)ccc43)C2)cc1. The summed E-state index contributed by atoms with van der Waals surface area (Å²) in [5.41, 5.74) is 4.71. The number of alkyl halides is 3. The predicted molar refractivity (Wildman–Crippen MR) is 107 cm³/mol. The maximum Gasteiger partial charge on any atom is 0.389 e. The molecule has 2 aromatic carbocycles. The Morgan fingerprint density at radius 3 is 2.57 bits per heavy atom. The second kappa shape index (κ2) is 7.32. The van der Waals surface area contributed by atoms with E-state index in [2.05, 4.69) is 5.32 Å². The number of halogens is 3. The Hall–Kier alpha value is -3.07. The fourth-order valence-corrected chi connectivity index (χ4v) is 4.53. The summed E-state index contributed by atoms with van der Waals surface area (Å²) in [4.78, 5) is 12.8. The van der Waals surface area contributed by atoms with Gasteiger partial charge in [-0.25, -0.2) is 0 Å². The topological polar surface area (TPSA) is 52.9 Å². The van der Waals surface area contributed by atoms with Crippen LogP contribution in [-0.4, -0.2) is 12.1 Å². The van der Waals surface area contributed by atoms with E-state index >= 15 is 0 Å². The molecular weight excluding hydrogens is 389 g/mol. The van der Waals surface area contributed by atoms with E-state index in [-0.39, 0.29) is 12.0 Å². The van der Waals surface area contributed by atoms with Gasteiger partial charge in [-0.2, -0.15) is 18.4 Å². The second-order valence-corrected chi connectivity index (χ2v) is 8.15. The average Bonchev–Trinajstić information content (AvgIpc) is 3.03. The van der Waals surface area contributed by atoms with Crippen molar-refractivity contribution in [2.75, 3.05) is 0 Å². The van der Waals surface area contributed by atoms with Gasteiger partial charge in [0, 0.05) is 12.8 Å². The van der Waals surface area contributed by atoms with Crippen LogP contribution in [-0.2, 0) is 23.2 Å². The van der Waals surface area contributed by atoms with Gasteiger partial charge in [-0.1, -0.05) is 48.0 Å². The number of carbonyl (C=O) groups excluding carboxylic acids is 1. The van der Waals surface area contributed by atoms with E-state index in [0.29, 0.717) is 24.8 Å². The van der Waals surface area contributed by atoms with Gasteiger partial charge in [0.2, 0.25) is 0 Å². The van der Waals surface area contributed by atoms with Crippen molar-refractivity contribution in [2.45, 2.75) is 50.7 Å². The zero-order valence-corrected chi connectivity index (χ0v) is 16.6. The molecule has 0 fully saturated rings. The lowest BCUT2D eigenvalue weighted by Crippen LogP contribution is -2.48. The molecule has 0 unspecified atom stereocenters. The number of nitrogens with zero attached hydrogens (tertiary/aromatic N) is 1. The van der Waals surface area contributed by atoms with Gasteiger partial charge in [0.1, 0.15) is 11.6 Å². The van der Waals surface area contributed by atoms with Crippen LogP contribution in [0, 0.1) is 18.3 Å². The van der Waals surface area contributed by atoms with E-state index in [9.17, 15) is 23.2 Å². The van der Waals surface area contributed by atoms with Gasteiger partial charge < -0.3 is 5.32 Å². The largest absolute Gasteiger partial charge is 0.389 e. The molecule has 2 aromatic rings. The number of hydrogen-bond acceptors (Lipinski definition) is 2. The Labute approximate surface area is 173 Å². The molecule has 0 aromatic heterocycles.